The van der Waals surface area contributed by atoms with Crippen LogP contribution in [0.5, 0.6) is 0 Å². The summed E-state index contributed by atoms with van der Waals surface area (Å²) in [4.78, 5) is 14.1. The quantitative estimate of drug-likeness (QED) is 0.618. The van der Waals surface area contributed by atoms with Gasteiger partial charge in [-0.3, -0.25) is 9.48 Å². The van der Waals surface area contributed by atoms with Gasteiger partial charge in [-0.05, 0) is 0 Å². The van der Waals surface area contributed by atoms with Gasteiger partial charge in [0.2, 0.25) is 0 Å². The second kappa shape index (κ2) is 2.35. The van der Waals surface area contributed by atoms with E-state index in [4.69, 9.17) is 11.6 Å². The summed E-state index contributed by atoms with van der Waals surface area (Å²) < 4.78 is 1.57. The molecule has 12 heavy (non-hydrogen) atoms. The third kappa shape index (κ3) is 0.921. The zero-order chi connectivity index (χ0) is 8.72. The molecule has 0 unspecified atom stereocenters. The lowest BCUT2D eigenvalue weighted by Crippen LogP contribution is -2.01. The second-order valence-corrected chi connectivity index (χ2v) is 2.92. The van der Waals surface area contributed by atoms with Crippen molar-refractivity contribution in [2.75, 3.05) is 0 Å². The average molecular weight is 184 g/mol. The highest BCUT2D eigenvalue weighted by Crippen LogP contribution is 2.08. The number of H-pyrrole nitrogens is 1. The number of aromatic amines is 1. The van der Waals surface area contributed by atoms with Crippen molar-refractivity contribution in [1.82, 2.24) is 14.8 Å². The van der Waals surface area contributed by atoms with Crippen LogP contribution in [0.1, 0.15) is 0 Å². The van der Waals surface area contributed by atoms with Crippen molar-refractivity contribution in [3.05, 3.63) is 27.6 Å². The Balaban J connectivity index is 3.03. The number of fused-ring (bicyclic) bond motifs is 1. The van der Waals surface area contributed by atoms with Crippen molar-refractivity contribution in [3.8, 4) is 0 Å². The molecule has 0 spiro atoms. The summed E-state index contributed by atoms with van der Waals surface area (Å²) in [5, 5.41) is 4.81. The summed E-state index contributed by atoms with van der Waals surface area (Å²) in [6.45, 7) is 0. The molecule has 4 nitrogen and oxygen atoms in total. The highest BCUT2D eigenvalue weighted by atomic mass is 35.5. The molecule has 0 aliphatic heterocycles. The molecule has 0 amide bonds. The largest absolute Gasteiger partial charge is 0.330 e. The topological polar surface area (TPSA) is 50.7 Å². The third-order valence-electron chi connectivity index (χ3n) is 1.70. The SMILES string of the molecule is Cn1ncc2c(=O)cc(Cl)[nH]c21. The van der Waals surface area contributed by atoms with Gasteiger partial charge in [-0.1, -0.05) is 11.6 Å². The molecule has 2 heterocycles. The normalized spacial score (nSPS) is 10.8. The number of aryl methyl sites for hydroxylation is 1. The monoisotopic (exact) mass is 183 g/mol. The average Bonchev–Trinajstić information content (AvgIpc) is 2.33. The number of hydrogen-bond donors (Lipinski definition) is 1. The minimum atomic E-state index is -0.109. The highest BCUT2D eigenvalue weighted by Gasteiger charge is 2.03. The molecule has 62 valence electrons. The summed E-state index contributed by atoms with van der Waals surface area (Å²) >= 11 is 5.66. The number of aromatic nitrogens is 3. The summed E-state index contributed by atoms with van der Waals surface area (Å²) in [7, 11) is 1.74. The van der Waals surface area contributed by atoms with Crippen molar-refractivity contribution in [1.29, 1.82) is 0 Å². The lowest BCUT2D eigenvalue weighted by Gasteiger charge is -1.94. The van der Waals surface area contributed by atoms with E-state index in [2.05, 4.69) is 10.1 Å². The van der Waals surface area contributed by atoms with Gasteiger partial charge in [-0.25, -0.2) is 0 Å². The van der Waals surface area contributed by atoms with E-state index in [1.807, 2.05) is 0 Å². The van der Waals surface area contributed by atoms with Crippen LogP contribution in [-0.2, 0) is 7.05 Å². The Kier molecular flexibility index (Phi) is 1.44. The number of nitrogens with one attached hydrogen (secondary N) is 1. The minimum Gasteiger partial charge on any atom is -0.330 e. The van der Waals surface area contributed by atoms with E-state index in [1.54, 1.807) is 11.7 Å². The molecule has 0 bridgehead atoms. The summed E-state index contributed by atoms with van der Waals surface area (Å²) in [6.07, 6.45) is 1.52. The van der Waals surface area contributed by atoms with Crippen LogP contribution in [0.4, 0.5) is 0 Å². The van der Waals surface area contributed by atoms with Crippen LogP contribution in [0.2, 0.25) is 5.15 Å². The van der Waals surface area contributed by atoms with E-state index in [0.29, 0.717) is 16.2 Å². The molecule has 1 N–H and O–H groups in total. The van der Waals surface area contributed by atoms with Crippen molar-refractivity contribution in [2.24, 2.45) is 7.05 Å². The third-order valence-corrected chi connectivity index (χ3v) is 1.90. The van der Waals surface area contributed by atoms with Crippen molar-refractivity contribution in [2.45, 2.75) is 0 Å². The van der Waals surface area contributed by atoms with E-state index in [1.165, 1.54) is 12.3 Å². The number of rotatable bonds is 0. The van der Waals surface area contributed by atoms with Gasteiger partial charge in [-0.15, -0.1) is 0 Å². The van der Waals surface area contributed by atoms with Gasteiger partial charge < -0.3 is 4.98 Å². The van der Waals surface area contributed by atoms with Gasteiger partial charge in [0.05, 0.1) is 11.6 Å². The molecule has 0 saturated carbocycles. The smallest absolute Gasteiger partial charge is 0.194 e. The Hall–Kier alpha value is -1.29. The molecule has 2 aromatic rings. The molecule has 0 saturated heterocycles. The van der Waals surface area contributed by atoms with Gasteiger partial charge in [-0.2, -0.15) is 5.10 Å². The number of hydrogen-bond acceptors (Lipinski definition) is 2. The Bertz CT molecular complexity index is 485. The Morgan fingerprint density at radius 1 is 1.67 bits per heavy atom. The first kappa shape index (κ1) is 7.36. The maximum Gasteiger partial charge on any atom is 0.194 e. The van der Waals surface area contributed by atoms with Crippen LogP contribution >= 0.6 is 11.6 Å². The van der Waals surface area contributed by atoms with E-state index >= 15 is 0 Å². The van der Waals surface area contributed by atoms with Gasteiger partial charge in [0.1, 0.15) is 10.8 Å². The fourth-order valence-electron chi connectivity index (χ4n) is 1.11. The molecule has 2 rings (SSSR count). The number of nitrogens with zero attached hydrogens (tertiary/aromatic N) is 2. The molecule has 0 radical (unpaired) electrons. The van der Waals surface area contributed by atoms with Crippen LogP contribution in [0.3, 0.4) is 0 Å². The van der Waals surface area contributed by atoms with Gasteiger partial charge in [0.15, 0.2) is 5.43 Å². The number of halogens is 1. The van der Waals surface area contributed by atoms with Gasteiger partial charge in [0, 0.05) is 13.1 Å². The van der Waals surface area contributed by atoms with Crippen molar-refractivity contribution < 1.29 is 0 Å². The first-order valence-corrected chi connectivity index (χ1v) is 3.77. The molecule has 5 heteroatoms. The fraction of sp³-hybridized carbons (Fsp3) is 0.143. The van der Waals surface area contributed by atoms with Gasteiger partial charge >= 0.3 is 0 Å². The zero-order valence-corrected chi connectivity index (χ0v) is 7.09. The fourth-order valence-corrected chi connectivity index (χ4v) is 1.30. The second-order valence-electron chi connectivity index (χ2n) is 2.51. The molecule has 0 aliphatic carbocycles. The van der Waals surface area contributed by atoms with Crippen LogP contribution in [0, 0.1) is 0 Å². The summed E-state index contributed by atoms with van der Waals surface area (Å²) in [5.74, 6) is 0. The van der Waals surface area contributed by atoms with Crippen LogP contribution in [0.25, 0.3) is 11.0 Å². The van der Waals surface area contributed by atoms with Crippen LogP contribution in [-0.4, -0.2) is 14.8 Å². The molecule has 0 aliphatic rings. The molecular weight excluding hydrogens is 178 g/mol. The van der Waals surface area contributed by atoms with E-state index in [9.17, 15) is 4.79 Å². The lowest BCUT2D eigenvalue weighted by molar-refractivity contribution is 0.786. The van der Waals surface area contributed by atoms with Crippen LogP contribution in [0.15, 0.2) is 17.1 Å². The predicted octanol–water partition coefficient (Wildman–Crippen LogP) is 0.915. The molecule has 0 fully saturated rings. The van der Waals surface area contributed by atoms with E-state index in [0.717, 1.165) is 0 Å². The standard InChI is InChI=1S/C7H6ClN3O/c1-11-7-4(3-9-11)5(12)2-6(8)10-7/h2-3H,1H3,(H,10,12). The molecule has 0 aromatic carbocycles. The molecular formula is C7H6ClN3O. The maximum atomic E-state index is 11.3. The Labute approximate surface area is 72.8 Å². The zero-order valence-electron chi connectivity index (χ0n) is 6.34. The summed E-state index contributed by atoms with van der Waals surface area (Å²) in [6, 6.07) is 1.34. The number of pyridine rings is 1. The molecule has 2 aromatic heterocycles. The Morgan fingerprint density at radius 3 is 3.17 bits per heavy atom. The molecule has 0 atom stereocenters. The van der Waals surface area contributed by atoms with Gasteiger partial charge in [0.25, 0.3) is 0 Å². The summed E-state index contributed by atoms with van der Waals surface area (Å²) in [5.41, 5.74) is 0.536. The maximum absolute atomic E-state index is 11.3. The van der Waals surface area contributed by atoms with Crippen molar-refractivity contribution >= 4 is 22.6 Å². The highest BCUT2D eigenvalue weighted by molar-refractivity contribution is 6.29. The Morgan fingerprint density at radius 2 is 2.42 bits per heavy atom. The van der Waals surface area contributed by atoms with Crippen molar-refractivity contribution in [3.63, 3.8) is 0 Å². The van der Waals surface area contributed by atoms with E-state index < -0.39 is 0 Å². The first-order valence-electron chi connectivity index (χ1n) is 3.39. The predicted molar refractivity (Wildman–Crippen MR) is 46.3 cm³/mol. The minimum absolute atomic E-state index is 0.109. The van der Waals surface area contributed by atoms with Crippen LogP contribution < -0.4 is 5.43 Å². The van der Waals surface area contributed by atoms with E-state index in [-0.39, 0.29) is 5.43 Å². The lowest BCUT2D eigenvalue weighted by atomic mass is 10.3. The first-order chi connectivity index (χ1) is 5.68.